The fourth-order valence-electron chi connectivity index (χ4n) is 6.08. The third kappa shape index (κ3) is 7.64. The van der Waals surface area contributed by atoms with Crippen LogP contribution in [0.3, 0.4) is 0 Å². The van der Waals surface area contributed by atoms with E-state index in [0.29, 0.717) is 0 Å². The second kappa shape index (κ2) is 13.5. The van der Waals surface area contributed by atoms with Gasteiger partial charge in [-0.1, -0.05) is 36.8 Å². The molecular weight excluding hydrogens is 460 g/mol. The molecule has 0 aromatic heterocycles. The zero-order chi connectivity index (χ0) is 25.3. The Morgan fingerprint density at radius 2 is 1.59 bits per heavy atom. The number of likely N-dealkylation sites (tertiary alicyclic amines) is 2. The molecule has 3 aliphatic rings. The smallest absolute Gasteiger partial charge is 0.251 e. The van der Waals surface area contributed by atoms with Gasteiger partial charge < -0.3 is 19.9 Å². The van der Waals surface area contributed by atoms with Crippen molar-refractivity contribution in [2.45, 2.75) is 51.1 Å². The molecule has 37 heavy (non-hydrogen) atoms. The van der Waals surface area contributed by atoms with Crippen LogP contribution in [0.1, 0.15) is 54.4 Å². The summed E-state index contributed by atoms with van der Waals surface area (Å²) in [5.41, 5.74) is 4.39. The number of nitrogens with zero attached hydrogens (tertiary/aromatic N) is 3. The topological polar surface area (TPSA) is 48.1 Å². The first-order valence-corrected chi connectivity index (χ1v) is 14.5. The van der Waals surface area contributed by atoms with Gasteiger partial charge in [-0.25, -0.2) is 0 Å². The molecule has 2 aromatic rings. The van der Waals surface area contributed by atoms with Crippen molar-refractivity contribution < 1.29 is 9.53 Å². The van der Waals surface area contributed by atoms with Crippen LogP contribution in [0.5, 0.6) is 0 Å². The highest BCUT2D eigenvalue weighted by Gasteiger charge is 2.25. The van der Waals surface area contributed by atoms with E-state index in [2.05, 4.69) is 56.4 Å². The lowest BCUT2D eigenvalue weighted by atomic mass is 10.00. The summed E-state index contributed by atoms with van der Waals surface area (Å²) >= 11 is 0. The second-order valence-electron chi connectivity index (χ2n) is 10.9. The Hall–Kier alpha value is -2.25. The largest absolute Gasteiger partial charge is 0.379 e. The maximum absolute atomic E-state index is 12.7. The van der Waals surface area contributed by atoms with Gasteiger partial charge in [-0.3, -0.25) is 9.69 Å². The van der Waals surface area contributed by atoms with Crippen molar-refractivity contribution in [2.24, 2.45) is 0 Å². The van der Waals surface area contributed by atoms with E-state index in [4.69, 9.17) is 4.74 Å². The molecule has 0 unspecified atom stereocenters. The number of hydrogen-bond donors (Lipinski definition) is 1. The number of amides is 1. The van der Waals surface area contributed by atoms with Crippen LogP contribution < -0.4 is 5.32 Å². The molecule has 200 valence electrons. The molecule has 5 rings (SSSR count). The van der Waals surface area contributed by atoms with Crippen molar-refractivity contribution in [2.75, 3.05) is 65.6 Å². The molecule has 1 amide bonds. The fraction of sp³-hybridized carbons (Fsp3) is 0.581. The van der Waals surface area contributed by atoms with Gasteiger partial charge in [-0.15, -0.1) is 0 Å². The van der Waals surface area contributed by atoms with Crippen LogP contribution in [0.25, 0.3) is 11.1 Å². The van der Waals surface area contributed by atoms with Crippen molar-refractivity contribution >= 4 is 5.91 Å². The molecule has 0 radical (unpaired) electrons. The first kappa shape index (κ1) is 26.4. The molecule has 3 aliphatic heterocycles. The van der Waals surface area contributed by atoms with Gasteiger partial charge in [0.25, 0.3) is 5.91 Å². The Bertz CT molecular complexity index is 975. The second-order valence-corrected chi connectivity index (χ2v) is 10.9. The number of hydrogen-bond acceptors (Lipinski definition) is 5. The number of piperidine rings is 2. The molecule has 6 heteroatoms. The number of carbonyl (C=O) groups excluding carboxylic acids is 1. The van der Waals surface area contributed by atoms with Crippen LogP contribution in [0.2, 0.25) is 0 Å². The van der Waals surface area contributed by atoms with E-state index >= 15 is 0 Å². The van der Waals surface area contributed by atoms with Gasteiger partial charge in [-0.05, 0) is 99.7 Å². The van der Waals surface area contributed by atoms with Crippen LogP contribution in [-0.2, 0) is 11.3 Å². The minimum absolute atomic E-state index is 0.0245. The molecule has 3 saturated heterocycles. The van der Waals surface area contributed by atoms with Gasteiger partial charge in [0, 0.05) is 37.8 Å². The van der Waals surface area contributed by atoms with Gasteiger partial charge in [-0.2, -0.15) is 0 Å². The lowest BCUT2D eigenvalue weighted by Gasteiger charge is -2.40. The normalized spacial score (nSPS) is 20.6. The van der Waals surface area contributed by atoms with Crippen LogP contribution in [0.4, 0.5) is 0 Å². The summed E-state index contributed by atoms with van der Waals surface area (Å²) < 4.78 is 5.46. The highest BCUT2D eigenvalue weighted by molar-refractivity contribution is 5.94. The molecule has 0 spiro atoms. The van der Waals surface area contributed by atoms with Crippen LogP contribution in [-0.4, -0.2) is 92.2 Å². The number of nitrogens with one attached hydrogen (secondary N) is 1. The summed E-state index contributed by atoms with van der Waals surface area (Å²) in [6, 6.07) is 17.6. The summed E-state index contributed by atoms with van der Waals surface area (Å²) in [6.07, 6.45) is 7.78. The Kier molecular flexibility index (Phi) is 9.63. The van der Waals surface area contributed by atoms with Crippen molar-refractivity contribution in [1.82, 2.24) is 20.0 Å². The van der Waals surface area contributed by atoms with Gasteiger partial charge in [0.05, 0.1) is 13.2 Å². The lowest BCUT2D eigenvalue weighted by molar-refractivity contribution is 0.0342. The van der Waals surface area contributed by atoms with E-state index in [0.717, 1.165) is 69.5 Å². The Balaban J connectivity index is 1.03. The van der Waals surface area contributed by atoms with Gasteiger partial charge in [0.2, 0.25) is 0 Å². The first-order chi connectivity index (χ1) is 18.2. The molecule has 0 aliphatic carbocycles. The van der Waals surface area contributed by atoms with Crippen LogP contribution in [0.15, 0.2) is 48.5 Å². The Morgan fingerprint density at radius 3 is 2.35 bits per heavy atom. The Labute approximate surface area is 223 Å². The number of morpholine rings is 1. The highest BCUT2D eigenvalue weighted by atomic mass is 16.5. The van der Waals surface area contributed by atoms with E-state index in [1.807, 2.05) is 12.1 Å². The summed E-state index contributed by atoms with van der Waals surface area (Å²) in [7, 11) is 0. The zero-order valence-electron chi connectivity index (χ0n) is 22.4. The van der Waals surface area contributed by atoms with E-state index < -0.39 is 0 Å². The number of ether oxygens (including phenoxy) is 1. The third-order valence-corrected chi connectivity index (χ3v) is 8.32. The average Bonchev–Trinajstić information content (AvgIpc) is 2.97. The molecule has 1 N–H and O–H groups in total. The minimum Gasteiger partial charge on any atom is -0.379 e. The third-order valence-electron chi connectivity index (χ3n) is 8.32. The van der Waals surface area contributed by atoms with E-state index in [-0.39, 0.29) is 5.91 Å². The maximum atomic E-state index is 12.7. The predicted octanol–water partition coefficient (Wildman–Crippen LogP) is 4.26. The highest BCUT2D eigenvalue weighted by Crippen LogP contribution is 2.23. The number of benzene rings is 2. The first-order valence-electron chi connectivity index (χ1n) is 14.5. The predicted molar refractivity (Wildman–Crippen MR) is 150 cm³/mol. The number of carbonyl (C=O) groups is 1. The number of rotatable bonds is 9. The lowest BCUT2D eigenvalue weighted by Crippen LogP contribution is -2.47. The van der Waals surface area contributed by atoms with Crippen molar-refractivity contribution in [3.63, 3.8) is 0 Å². The SMILES string of the molecule is O=C(NCCCN1CCC(N2CCCCC2)CC1)c1ccc(-c2cccc(CN3CCOCC3)c2)cc1. The Morgan fingerprint density at radius 1 is 0.838 bits per heavy atom. The van der Waals surface area contributed by atoms with Crippen molar-refractivity contribution in [3.05, 3.63) is 59.7 Å². The van der Waals surface area contributed by atoms with Crippen molar-refractivity contribution in [1.29, 1.82) is 0 Å². The molecule has 2 aromatic carbocycles. The van der Waals surface area contributed by atoms with E-state index in [1.165, 1.54) is 69.4 Å². The minimum atomic E-state index is 0.0245. The molecular formula is C31H44N4O2. The zero-order valence-corrected chi connectivity index (χ0v) is 22.4. The van der Waals surface area contributed by atoms with Crippen molar-refractivity contribution in [3.8, 4) is 11.1 Å². The summed E-state index contributed by atoms with van der Waals surface area (Å²) in [5, 5.41) is 3.12. The van der Waals surface area contributed by atoms with Crippen LogP contribution >= 0.6 is 0 Å². The molecule has 0 atom stereocenters. The summed E-state index contributed by atoms with van der Waals surface area (Å²) in [5.74, 6) is 0.0245. The summed E-state index contributed by atoms with van der Waals surface area (Å²) in [4.78, 5) is 20.4. The molecule has 6 nitrogen and oxygen atoms in total. The van der Waals surface area contributed by atoms with Gasteiger partial charge in [0.1, 0.15) is 0 Å². The average molecular weight is 505 g/mol. The molecule has 0 saturated carbocycles. The molecule has 0 bridgehead atoms. The standard InChI is InChI=1S/C31H44N4O2/c36-31(32-14-5-15-33-18-12-30(13-19-33)35-16-2-1-3-17-35)28-10-8-27(9-11-28)29-7-4-6-26(24-29)25-34-20-22-37-23-21-34/h4,6-11,24,30H,1-3,5,12-23,25H2,(H,32,36). The van der Waals surface area contributed by atoms with Gasteiger partial charge >= 0.3 is 0 Å². The maximum Gasteiger partial charge on any atom is 0.251 e. The molecule has 3 heterocycles. The fourth-order valence-corrected chi connectivity index (χ4v) is 6.08. The monoisotopic (exact) mass is 504 g/mol. The van der Waals surface area contributed by atoms with Gasteiger partial charge in [0.15, 0.2) is 0 Å². The van der Waals surface area contributed by atoms with E-state index in [1.54, 1.807) is 0 Å². The molecule has 3 fully saturated rings. The van der Waals surface area contributed by atoms with E-state index in [9.17, 15) is 4.79 Å². The quantitative estimate of drug-likeness (QED) is 0.517. The van der Waals surface area contributed by atoms with Crippen LogP contribution in [0, 0.1) is 0 Å². The summed E-state index contributed by atoms with van der Waals surface area (Å²) in [6.45, 7) is 11.4.